The molecule has 14 heavy (non-hydrogen) atoms. The van der Waals surface area contributed by atoms with E-state index in [1.165, 1.54) is 0 Å². The first-order chi connectivity index (χ1) is 6.69. The van der Waals surface area contributed by atoms with Crippen molar-refractivity contribution in [1.82, 2.24) is 0 Å². The monoisotopic (exact) mass is 190 g/mol. The van der Waals surface area contributed by atoms with E-state index in [1.54, 1.807) is 7.11 Å². The number of benzene rings is 1. The van der Waals surface area contributed by atoms with E-state index in [2.05, 4.69) is 6.58 Å². The fourth-order valence-corrected chi connectivity index (χ4v) is 1.27. The summed E-state index contributed by atoms with van der Waals surface area (Å²) < 4.78 is 5.04. The molecule has 2 nitrogen and oxygen atoms in total. The summed E-state index contributed by atoms with van der Waals surface area (Å²) in [6.07, 6.45) is 1.82. The predicted molar refractivity (Wildman–Crippen MR) is 58.4 cm³/mol. The van der Waals surface area contributed by atoms with Crippen LogP contribution in [-0.4, -0.2) is 12.2 Å². The standard InChI is InChI=1S/C12H14O2/c1-4-12(9(2)13)10-5-7-11(14-3)8-6-10/h4-8,13H,2H2,1,3H3. The van der Waals surface area contributed by atoms with Crippen LogP contribution in [0, 0.1) is 0 Å². The molecule has 1 N–H and O–H groups in total. The smallest absolute Gasteiger partial charge is 0.118 e. The lowest BCUT2D eigenvalue weighted by molar-refractivity contribution is 0.414. The van der Waals surface area contributed by atoms with Crippen LogP contribution in [0.25, 0.3) is 5.57 Å². The highest BCUT2D eigenvalue weighted by Crippen LogP contribution is 2.22. The van der Waals surface area contributed by atoms with E-state index >= 15 is 0 Å². The molecule has 0 atom stereocenters. The second kappa shape index (κ2) is 4.51. The molecule has 0 heterocycles. The minimum absolute atomic E-state index is 0.0812. The number of hydrogen-bond donors (Lipinski definition) is 1. The lowest BCUT2D eigenvalue weighted by Gasteiger charge is -2.06. The molecule has 0 unspecified atom stereocenters. The fraction of sp³-hybridized carbons (Fsp3) is 0.167. The van der Waals surface area contributed by atoms with Crippen LogP contribution in [-0.2, 0) is 0 Å². The molecule has 1 rings (SSSR count). The first kappa shape index (κ1) is 10.4. The lowest BCUT2D eigenvalue weighted by atomic mass is 10.0. The molecule has 0 fully saturated rings. The molecule has 74 valence electrons. The molecule has 2 heteroatoms. The highest BCUT2D eigenvalue weighted by Gasteiger charge is 2.02. The number of ether oxygens (including phenoxy) is 1. The Morgan fingerprint density at radius 2 is 1.93 bits per heavy atom. The molecule has 0 saturated carbocycles. The highest BCUT2D eigenvalue weighted by molar-refractivity contribution is 5.76. The molecule has 1 aromatic carbocycles. The second-order valence-corrected chi connectivity index (χ2v) is 2.88. The van der Waals surface area contributed by atoms with Gasteiger partial charge in [0.15, 0.2) is 0 Å². The van der Waals surface area contributed by atoms with Crippen molar-refractivity contribution in [2.75, 3.05) is 7.11 Å². The minimum Gasteiger partial charge on any atom is -0.508 e. The van der Waals surface area contributed by atoms with Crippen molar-refractivity contribution < 1.29 is 9.84 Å². The van der Waals surface area contributed by atoms with Crippen molar-refractivity contribution in [3.05, 3.63) is 48.2 Å². The van der Waals surface area contributed by atoms with Gasteiger partial charge < -0.3 is 9.84 Å². The average Bonchev–Trinajstić information content (AvgIpc) is 2.19. The zero-order chi connectivity index (χ0) is 10.6. The summed E-state index contributed by atoms with van der Waals surface area (Å²) in [4.78, 5) is 0. The maximum absolute atomic E-state index is 9.30. The summed E-state index contributed by atoms with van der Waals surface area (Å²) in [5.74, 6) is 0.880. The summed E-state index contributed by atoms with van der Waals surface area (Å²) in [7, 11) is 1.62. The Morgan fingerprint density at radius 3 is 2.29 bits per heavy atom. The largest absolute Gasteiger partial charge is 0.508 e. The van der Waals surface area contributed by atoms with Crippen LogP contribution in [0.1, 0.15) is 12.5 Å². The SMILES string of the molecule is C=C(O)C(=CC)c1ccc(OC)cc1. The highest BCUT2D eigenvalue weighted by atomic mass is 16.5. The van der Waals surface area contributed by atoms with Gasteiger partial charge in [-0.15, -0.1) is 0 Å². The fourth-order valence-electron chi connectivity index (χ4n) is 1.27. The average molecular weight is 190 g/mol. The first-order valence-corrected chi connectivity index (χ1v) is 4.38. The van der Waals surface area contributed by atoms with E-state index < -0.39 is 0 Å². The second-order valence-electron chi connectivity index (χ2n) is 2.88. The normalized spacial score (nSPS) is 11.1. The number of hydrogen-bond acceptors (Lipinski definition) is 2. The zero-order valence-electron chi connectivity index (χ0n) is 8.45. The minimum atomic E-state index is 0.0812. The predicted octanol–water partition coefficient (Wildman–Crippen LogP) is 3.17. The Morgan fingerprint density at radius 1 is 1.36 bits per heavy atom. The summed E-state index contributed by atoms with van der Waals surface area (Å²) >= 11 is 0. The molecule has 0 spiro atoms. The maximum atomic E-state index is 9.30. The van der Waals surface area contributed by atoms with Gasteiger partial charge in [0.25, 0.3) is 0 Å². The van der Waals surface area contributed by atoms with Gasteiger partial charge in [0.2, 0.25) is 0 Å². The van der Waals surface area contributed by atoms with Crippen molar-refractivity contribution in [3.63, 3.8) is 0 Å². The molecule has 0 saturated heterocycles. The van der Waals surface area contributed by atoms with Crippen molar-refractivity contribution in [2.45, 2.75) is 6.92 Å². The number of aliphatic hydroxyl groups is 1. The third kappa shape index (κ3) is 2.16. The Hall–Kier alpha value is -1.70. The van der Waals surface area contributed by atoms with Gasteiger partial charge in [-0.25, -0.2) is 0 Å². The van der Waals surface area contributed by atoms with Crippen molar-refractivity contribution in [1.29, 1.82) is 0 Å². The van der Waals surface area contributed by atoms with E-state index in [1.807, 2.05) is 37.3 Å². The third-order valence-electron chi connectivity index (χ3n) is 2.00. The summed E-state index contributed by atoms with van der Waals surface area (Å²) in [5.41, 5.74) is 1.67. The number of allylic oxidation sites excluding steroid dienone is 2. The molecule has 0 aliphatic heterocycles. The Labute approximate surface area is 84.1 Å². The third-order valence-corrected chi connectivity index (χ3v) is 2.00. The number of rotatable bonds is 3. The van der Waals surface area contributed by atoms with Gasteiger partial charge in [-0.3, -0.25) is 0 Å². The zero-order valence-corrected chi connectivity index (χ0v) is 8.45. The number of methoxy groups -OCH3 is 1. The first-order valence-electron chi connectivity index (χ1n) is 4.38. The topological polar surface area (TPSA) is 29.5 Å². The summed E-state index contributed by atoms with van der Waals surface area (Å²) in [6, 6.07) is 7.47. The molecule has 0 bridgehead atoms. The van der Waals surface area contributed by atoms with E-state index in [9.17, 15) is 5.11 Å². The van der Waals surface area contributed by atoms with Crippen LogP contribution >= 0.6 is 0 Å². The summed E-state index contributed by atoms with van der Waals surface area (Å²) in [6.45, 7) is 5.36. The Balaban J connectivity index is 3.02. The van der Waals surface area contributed by atoms with Crippen molar-refractivity contribution in [3.8, 4) is 5.75 Å². The molecular weight excluding hydrogens is 176 g/mol. The van der Waals surface area contributed by atoms with E-state index in [-0.39, 0.29) is 5.76 Å². The van der Waals surface area contributed by atoms with Crippen molar-refractivity contribution >= 4 is 5.57 Å². The maximum Gasteiger partial charge on any atom is 0.118 e. The van der Waals surface area contributed by atoms with Gasteiger partial charge >= 0.3 is 0 Å². The summed E-state index contributed by atoms with van der Waals surface area (Å²) in [5, 5.41) is 9.30. The van der Waals surface area contributed by atoms with E-state index in [4.69, 9.17) is 4.74 Å². The molecule has 0 amide bonds. The molecule has 0 aromatic heterocycles. The van der Waals surface area contributed by atoms with Gasteiger partial charge in [-0.2, -0.15) is 0 Å². The number of aliphatic hydroxyl groups excluding tert-OH is 1. The van der Waals surface area contributed by atoms with Crippen LogP contribution in [0.2, 0.25) is 0 Å². The molecule has 0 aliphatic carbocycles. The quantitative estimate of drug-likeness (QED) is 0.586. The van der Waals surface area contributed by atoms with Gasteiger partial charge in [-0.05, 0) is 24.6 Å². The van der Waals surface area contributed by atoms with Gasteiger partial charge in [0.1, 0.15) is 11.5 Å². The Bertz CT molecular complexity index is 347. The molecule has 0 radical (unpaired) electrons. The van der Waals surface area contributed by atoms with Crippen LogP contribution in [0.3, 0.4) is 0 Å². The molecule has 0 aliphatic rings. The molecular formula is C12H14O2. The van der Waals surface area contributed by atoms with Crippen LogP contribution < -0.4 is 4.74 Å². The van der Waals surface area contributed by atoms with E-state index in [0.29, 0.717) is 0 Å². The van der Waals surface area contributed by atoms with Crippen LogP contribution in [0.5, 0.6) is 5.75 Å². The van der Waals surface area contributed by atoms with Gasteiger partial charge in [0, 0.05) is 5.57 Å². The lowest BCUT2D eigenvalue weighted by Crippen LogP contribution is -1.88. The molecule has 1 aromatic rings. The van der Waals surface area contributed by atoms with Crippen molar-refractivity contribution in [2.24, 2.45) is 0 Å². The van der Waals surface area contributed by atoms with E-state index in [0.717, 1.165) is 16.9 Å². The Kier molecular flexibility index (Phi) is 3.35. The van der Waals surface area contributed by atoms with Gasteiger partial charge in [0.05, 0.1) is 7.11 Å². The van der Waals surface area contributed by atoms with Gasteiger partial charge in [-0.1, -0.05) is 24.8 Å². The van der Waals surface area contributed by atoms with Crippen LogP contribution in [0.15, 0.2) is 42.7 Å². The van der Waals surface area contributed by atoms with Crippen LogP contribution in [0.4, 0.5) is 0 Å².